The molecule has 3 atom stereocenters. The SMILES string of the molecule is CC(c1ccc(O)cc1)C(O)C1C(=O)C=CC=C1NP(=O)(O)O. The van der Waals surface area contributed by atoms with Gasteiger partial charge in [0.05, 0.1) is 12.0 Å². The maximum atomic E-state index is 12.1. The Hall–Kier alpha value is -1.92. The number of hydrogen-bond donors (Lipinski definition) is 5. The van der Waals surface area contributed by atoms with Gasteiger partial charge < -0.3 is 20.0 Å². The minimum absolute atomic E-state index is 0.0241. The van der Waals surface area contributed by atoms with Gasteiger partial charge in [-0.25, -0.2) is 4.57 Å². The van der Waals surface area contributed by atoms with Gasteiger partial charge in [0.25, 0.3) is 0 Å². The lowest BCUT2D eigenvalue weighted by atomic mass is 9.81. The molecule has 1 aromatic rings. The van der Waals surface area contributed by atoms with E-state index in [0.717, 1.165) is 0 Å². The summed E-state index contributed by atoms with van der Waals surface area (Å²) in [5, 5.41) is 21.8. The molecule has 0 spiro atoms. The third-order valence-corrected chi connectivity index (χ3v) is 4.27. The number of aliphatic hydroxyl groups excluding tert-OH is 1. The Labute approximate surface area is 133 Å². The molecular weight excluding hydrogens is 321 g/mol. The van der Waals surface area contributed by atoms with Crippen LogP contribution in [0.25, 0.3) is 0 Å². The number of carbonyl (C=O) groups excluding carboxylic acids is 1. The predicted octanol–water partition coefficient (Wildman–Crippen LogP) is 1.18. The fourth-order valence-electron chi connectivity index (χ4n) is 2.50. The van der Waals surface area contributed by atoms with E-state index in [-0.39, 0.29) is 11.4 Å². The Balaban J connectivity index is 2.27. The molecule has 1 aliphatic rings. The molecular formula is C15H18NO6P. The van der Waals surface area contributed by atoms with Crippen molar-refractivity contribution in [3.63, 3.8) is 0 Å². The number of carbonyl (C=O) groups is 1. The summed E-state index contributed by atoms with van der Waals surface area (Å²) < 4.78 is 11.1. The van der Waals surface area contributed by atoms with Gasteiger partial charge in [-0.3, -0.25) is 9.88 Å². The molecule has 0 bridgehead atoms. The number of hydrogen-bond acceptors (Lipinski definition) is 4. The van der Waals surface area contributed by atoms with Crippen LogP contribution in [0.5, 0.6) is 5.75 Å². The second-order valence-electron chi connectivity index (χ2n) is 5.39. The van der Waals surface area contributed by atoms with Crippen molar-refractivity contribution < 1.29 is 29.4 Å². The molecule has 124 valence electrons. The Morgan fingerprint density at radius 3 is 2.39 bits per heavy atom. The lowest BCUT2D eigenvalue weighted by Crippen LogP contribution is -2.37. The molecule has 0 saturated heterocycles. The number of phenols is 1. The first-order valence-corrected chi connectivity index (χ1v) is 8.53. The van der Waals surface area contributed by atoms with Crippen LogP contribution in [0, 0.1) is 5.92 Å². The molecule has 0 amide bonds. The van der Waals surface area contributed by atoms with Gasteiger partial charge in [0.15, 0.2) is 5.78 Å². The van der Waals surface area contributed by atoms with Crippen LogP contribution in [0.2, 0.25) is 0 Å². The molecule has 3 unspecified atom stereocenters. The molecule has 0 fully saturated rings. The highest BCUT2D eigenvalue weighted by molar-refractivity contribution is 7.49. The number of aliphatic hydroxyl groups is 1. The van der Waals surface area contributed by atoms with Crippen molar-refractivity contribution in [3.8, 4) is 5.75 Å². The van der Waals surface area contributed by atoms with E-state index < -0.39 is 31.5 Å². The van der Waals surface area contributed by atoms with E-state index >= 15 is 0 Å². The molecule has 0 aromatic heterocycles. The Morgan fingerprint density at radius 1 is 1.22 bits per heavy atom. The summed E-state index contributed by atoms with van der Waals surface area (Å²) >= 11 is 0. The molecule has 23 heavy (non-hydrogen) atoms. The number of nitrogens with one attached hydrogen (secondary N) is 1. The lowest BCUT2D eigenvalue weighted by Gasteiger charge is -2.30. The first-order valence-electron chi connectivity index (χ1n) is 6.92. The number of ketones is 1. The zero-order valence-electron chi connectivity index (χ0n) is 12.3. The number of phenolic OH excluding ortho intramolecular Hbond substituents is 1. The smallest absolute Gasteiger partial charge is 0.427 e. The van der Waals surface area contributed by atoms with Gasteiger partial charge >= 0.3 is 7.75 Å². The minimum Gasteiger partial charge on any atom is -0.508 e. The van der Waals surface area contributed by atoms with Crippen molar-refractivity contribution in [2.75, 3.05) is 0 Å². The molecule has 2 rings (SSSR count). The fraction of sp³-hybridized carbons (Fsp3) is 0.267. The summed E-state index contributed by atoms with van der Waals surface area (Å²) in [6.07, 6.45) is 2.79. The van der Waals surface area contributed by atoms with Crippen molar-refractivity contribution >= 4 is 13.5 Å². The quantitative estimate of drug-likeness (QED) is 0.510. The first-order chi connectivity index (χ1) is 10.7. The highest BCUT2D eigenvalue weighted by Gasteiger charge is 2.36. The standard InChI is InChI=1S/C15H18NO6P/c1-9(10-5-7-11(17)8-6-10)15(19)14-12(16-23(20,21)22)3-2-4-13(14)18/h2-9,14-15,17,19H,1H3,(H3,16,20,21,22). The van der Waals surface area contributed by atoms with Crippen molar-refractivity contribution in [2.24, 2.45) is 5.92 Å². The Bertz CT molecular complexity index is 690. The van der Waals surface area contributed by atoms with E-state index in [9.17, 15) is 19.6 Å². The molecule has 0 heterocycles. The van der Waals surface area contributed by atoms with Gasteiger partial charge in [-0.15, -0.1) is 0 Å². The average molecular weight is 339 g/mol. The van der Waals surface area contributed by atoms with Crippen LogP contribution in [0.4, 0.5) is 0 Å². The number of rotatable bonds is 5. The maximum Gasteiger partial charge on any atom is 0.427 e. The van der Waals surface area contributed by atoms with Gasteiger partial charge in [-0.2, -0.15) is 0 Å². The van der Waals surface area contributed by atoms with E-state index in [4.69, 9.17) is 9.79 Å². The summed E-state index contributed by atoms with van der Waals surface area (Å²) in [6, 6.07) is 6.16. The van der Waals surface area contributed by atoms with Crippen molar-refractivity contribution in [1.82, 2.24) is 5.09 Å². The summed E-state index contributed by atoms with van der Waals surface area (Å²) in [7, 11) is -4.60. The third-order valence-electron chi connectivity index (χ3n) is 3.73. The Kier molecular flexibility index (Phi) is 5.06. The number of allylic oxidation sites excluding steroid dienone is 3. The average Bonchev–Trinajstić information content (AvgIpc) is 2.45. The van der Waals surface area contributed by atoms with Crippen molar-refractivity contribution in [3.05, 3.63) is 53.8 Å². The van der Waals surface area contributed by atoms with Crippen molar-refractivity contribution in [1.29, 1.82) is 0 Å². The van der Waals surface area contributed by atoms with Gasteiger partial charge in [0.1, 0.15) is 5.75 Å². The normalized spacial score (nSPS) is 20.8. The number of aromatic hydroxyl groups is 1. The highest BCUT2D eigenvalue weighted by Crippen LogP contribution is 2.36. The first kappa shape index (κ1) is 17.4. The Morgan fingerprint density at radius 2 is 1.83 bits per heavy atom. The summed E-state index contributed by atoms with van der Waals surface area (Å²) in [5.41, 5.74) is 0.664. The lowest BCUT2D eigenvalue weighted by molar-refractivity contribution is -0.120. The molecule has 0 aliphatic heterocycles. The highest BCUT2D eigenvalue weighted by atomic mass is 31.2. The van der Waals surface area contributed by atoms with E-state index in [1.54, 1.807) is 19.1 Å². The van der Waals surface area contributed by atoms with Gasteiger partial charge in [0.2, 0.25) is 0 Å². The monoisotopic (exact) mass is 339 g/mol. The molecule has 7 nitrogen and oxygen atoms in total. The topological polar surface area (TPSA) is 127 Å². The van der Waals surface area contributed by atoms with Gasteiger partial charge in [-0.1, -0.05) is 25.1 Å². The van der Waals surface area contributed by atoms with Crippen LogP contribution in [-0.4, -0.2) is 31.9 Å². The molecule has 8 heteroatoms. The van der Waals surface area contributed by atoms with Crippen LogP contribution < -0.4 is 5.09 Å². The van der Waals surface area contributed by atoms with E-state index in [1.165, 1.54) is 30.4 Å². The molecule has 0 saturated carbocycles. The van der Waals surface area contributed by atoms with Crippen LogP contribution >= 0.6 is 7.75 Å². The van der Waals surface area contributed by atoms with Gasteiger partial charge in [0, 0.05) is 11.6 Å². The molecule has 5 N–H and O–H groups in total. The summed E-state index contributed by atoms with van der Waals surface area (Å²) in [5.74, 6) is -1.95. The molecule has 0 radical (unpaired) electrons. The largest absolute Gasteiger partial charge is 0.508 e. The number of benzene rings is 1. The van der Waals surface area contributed by atoms with Gasteiger partial charge in [-0.05, 0) is 29.8 Å². The van der Waals surface area contributed by atoms with E-state index in [2.05, 4.69) is 0 Å². The minimum atomic E-state index is -4.60. The zero-order chi connectivity index (χ0) is 17.2. The second-order valence-corrected chi connectivity index (χ2v) is 6.70. The van der Waals surface area contributed by atoms with Crippen LogP contribution in [0.3, 0.4) is 0 Å². The van der Waals surface area contributed by atoms with E-state index in [0.29, 0.717) is 5.56 Å². The predicted molar refractivity (Wildman–Crippen MR) is 83.4 cm³/mol. The van der Waals surface area contributed by atoms with Crippen LogP contribution in [0.1, 0.15) is 18.4 Å². The molecule has 1 aliphatic carbocycles. The maximum absolute atomic E-state index is 12.1. The summed E-state index contributed by atoms with van der Waals surface area (Å²) in [4.78, 5) is 30.2. The van der Waals surface area contributed by atoms with Crippen molar-refractivity contribution in [2.45, 2.75) is 18.9 Å². The zero-order valence-corrected chi connectivity index (χ0v) is 13.2. The third kappa shape index (κ3) is 4.30. The fourth-order valence-corrected chi connectivity index (χ4v) is 3.05. The van der Waals surface area contributed by atoms with Crippen LogP contribution in [0.15, 0.2) is 48.2 Å². The van der Waals surface area contributed by atoms with Crippen LogP contribution in [-0.2, 0) is 9.36 Å². The van der Waals surface area contributed by atoms with E-state index in [1.807, 2.05) is 5.09 Å². The summed E-state index contributed by atoms with van der Waals surface area (Å²) in [6.45, 7) is 1.69. The second kappa shape index (κ2) is 6.68. The molecule has 1 aromatic carbocycles.